The second-order valence-corrected chi connectivity index (χ2v) is 5.43. The van der Waals surface area contributed by atoms with Gasteiger partial charge in [-0.25, -0.2) is 0 Å². The van der Waals surface area contributed by atoms with Crippen LogP contribution < -0.4 is 4.46 Å². The van der Waals surface area contributed by atoms with E-state index in [9.17, 15) is 0 Å². The van der Waals surface area contributed by atoms with E-state index in [1.807, 2.05) is 42.5 Å². The zero-order valence-corrected chi connectivity index (χ0v) is 11.0. The van der Waals surface area contributed by atoms with Crippen molar-refractivity contribution in [2.75, 3.05) is 0 Å². The molecule has 0 aromatic heterocycles. The Labute approximate surface area is 107 Å². The molecule has 0 saturated heterocycles. The predicted octanol–water partition coefficient (Wildman–Crippen LogP) is 2.68. The SMILES string of the molecule is Clc1ccc(C#C[Se]c2ccccc2)cc1. The molecular formula is C14H9ClSe. The number of benzene rings is 2. The van der Waals surface area contributed by atoms with Crippen molar-refractivity contribution < 1.29 is 0 Å². The summed E-state index contributed by atoms with van der Waals surface area (Å²) in [5, 5.41) is 0.749. The van der Waals surface area contributed by atoms with E-state index in [0.717, 1.165) is 10.6 Å². The Balaban J connectivity index is 2.03. The van der Waals surface area contributed by atoms with Crippen molar-refractivity contribution in [3.05, 3.63) is 65.2 Å². The quantitative estimate of drug-likeness (QED) is 0.560. The van der Waals surface area contributed by atoms with Gasteiger partial charge in [0.25, 0.3) is 0 Å². The van der Waals surface area contributed by atoms with E-state index in [2.05, 4.69) is 22.9 Å². The second kappa shape index (κ2) is 5.77. The summed E-state index contributed by atoms with van der Waals surface area (Å²) in [7, 11) is 0. The standard InChI is InChI=1S/C14H9ClSe/c15-13-8-6-12(7-9-13)10-11-16-14-4-2-1-3-5-14/h1-9H. The van der Waals surface area contributed by atoms with Crippen molar-refractivity contribution >= 4 is 31.0 Å². The normalized spacial score (nSPS) is 9.31. The van der Waals surface area contributed by atoms with Gasteiger partial charge in [-0.3, -0.25) is 0 Å². The summed E-state index contributed by atoms with van der Waals surface area (Å²) in [5.74, 6) is 3.14. The molecule has 0 radical (unpaired) electrons. The zero-order chi connectivity index (χ0) is 11.2. The molecule has 0 nitrogen and oxygen atoms in total. The molecule has 0 spiro atoms. The molecule has 0 fully saturated rings. The van der Waals surface area contributed by atoms with Gasteiger partial charge in [-0.1, -0.05) is 0 Å². The maximum absolute atomic E-state index is 5.80. The third-order valence-corrected chi connectivity index (χ3v) is 3.70. The first-order valence-corrected chi connectivity index (χ1v) is 6.92. The molecule has 0 aliphatic rings. The summed E-state index contributed by atoms with van der Waals surface area (Å²) in [4.78, 5) is 3.21. The topological polar surface area (TPSA) is 0 Å². The minimum atomic E-state index is 0.223. The Morgan fingerprint density at radius 2 is 1.56 bits per heavy atom. The van der Waals surface area contributed by atoms with Crippen LogP contribution in [-0.2, 0) is 0 Å². The molecule has 0 amide bonds. The average Bonchev–Trinajstić information content (AvgIpc) is 2.33. The molecule has 0 N–H and O–H groups in total. The molecule has 0 saturated carbocycles. The van der Waals surface area contributed by atoms with Gasteiger partial charge in [0, 0.05) is 0 Å². The van der Waals surface area contributed by atoms with E-state index in [1.165, 1.54) is 4.46 Å². The molecule has 2 aromatic carbocycles. The monoisotopic (exact) mass is 292 g/mol. The van der Waals surface area contributed by atoms with Gasteiger partial charge in [0.05, 0.1) is 0 Å². The fourth-order valence-electron chi connectivity index (χ4n) is 1.17. The summed E-state index contributed by atoms with van der Waals surface area (Å²) >= 11 is 6.02. The average molecular weight is 292 g/mol. The molecular weight excluding hydrogens is 283 g/mol. The Bertz CT molecular complexity index is 506. The first-order chi connectivity index (χ1) is 7.84. The molecule has 2 aromatic rings. The molecule has 0 unspecified atom stereocenters. The predicted molar refractivity (Wildman–Crippen MR) is 70.2 cm³/mol. The van der Waals surface area contributed by atoms with Crippen LogP contribution in [0, 0.1) is 10.7 Å². The summed E-state index contributed by atoms with van der Waals surface area (Å²) in [6.07, 6.45) is 0. The first kappa shape index (κ1) is 11.3. The van der Waals surface area contributed by atoms with Crippen LogP contribution in [0.3, 0.4) is 0 Å². The van der Waals surface area contributed by atoms with Gasteiger partial charge >= 0.3 is 107 Å². The fraction of sp³-hybridized carbons (Fsp3) is 0. The van der Waals surface area contributed by atoms with Crippen molar-refractivity contribution in [3.63, 3.8) is 0 Å². The van der Waals surface area contributed by atoms with Crippen molar-refractivity contribution in [2.24, 2.45) is 0 Å². The van der Waals surface area contributed by atoms with Crippen LogP contribution in [0.2, 0.25) is 5.02 Å². The van der Waals surface area contributed by atoms with Crippen LogP contribution >= 0.6 is 11.6 Å². The first-order valence-electron chi connectivity index (χ1n) is 4.83. The molecule has 2 heteroatoms. The van der Waals surface area contributed by atoms with E-state index in [-0.39, 0.29) is 15.0 Å². The van der Waals surface area contributed by atoms with E-state index < -0.39 is 0 Å². The summed E-state index contributed by atoms with van der Waals surface area (Å²) in [6.45, 7) is 0. The molecule has 78 valence electrons. The van der Waals surface area contributed by atoms with Crippen LogP contribution in [0.25, 0.3) is 0 Å². The Morgan fingerprint density at radius 1 is 0.875 bits per heavy atom. The molecule has 0 heterocycles. The number of halogens is 1. The van der Waals surface area contributed by atoms with Gasteiger partial charge in [0.2, 0.25) is 0 Å². The Morgan fingerprint density at radius 3 is 2.25 bits per heavy atom. The fourth-order valence-corrected chi connectivity index (χ4v) is 2.51. The van der Waals surface area contributed by atoms with Gasteiger partial charge < -0.3 is 0 Å². The minimum absolute atomic E-state index is 0.223. The Hall–Kier alpha value is -1.19. The molecule has 0 aliphatic heterocycles. The van der Waals surface area contributed by atoms with Crippen LogP contribution in [0.1, 0.15) is 5.56 Å². The molecule has 0 atom stereocenters. The van der Waals surface area contributed by atoms with Gasteiger partial charge in [-0.2, -0.15) is 0 Å². The number of hydrogen-bond acceptors (Lipinski definition) is 0. The van der Waals surface area contributed by atoms with Gasteiger partial charge in [-0.15, -0.1) is 0 Å². The van der Waals surface area contributed by atoms with Gasteiger partial charge in [0.15, 0.2) is 0 Å². The maximum atomic E-state index is 5.80. The zero-order valence-electron chi connectivity index (χ0n) is 8.48. The summed E-state index contributed by atoms with van der Waals surface area (Å²) in [6, 6.07) is 17.9. The molecule has 16 heavy (non-hydrogen) atoms. The second-order valence-electron chi connectivity index (χ2n) is 3.15. The van der Waals surface area contributed by atoms with Crippen LogP contribution in [-0.4, -0.2) is 15.0 Å². The summed E-state index contributed by atoms with van der Waals surface area (Å²) in [5.41, 5.74) is 1.02. The van der Waals surface area contributed by atoms with Crippen molar-refractivity contribution in [1.82, 2.24) is 0 Å². The van der Waals surface area contributed by atoms with E-state index >= 15 is 0 Å². The van der Waals surface area contributed by atoms with Crippen LogP contribution in [0.4, 0.5) is 0 Å². The van der Waals surface area contributed by atoms with Gasteiger partial charge in [0.1, 0.15) is 0 Å². The molecule has 2 rings (SSSR count). The van der Waals surface area contributed by atoms with Gasteiger partial charge in [-0.05, 0) is 0 Å². The van der Waals surface area contributed by atoms with E-state index in [0.29, 0.717) is 0 Å². The van der Waals surface area contributed by atoms with E-state index in [1.54, 1.807) is 0 Å². The van der Waals surface area contributed by atoms with Crippen molar-refractivity contribution in [2.45, 2.75) is 0 Å². The number of rotatable bonds is 1. The van der Waals surface area contributed by atoms with E-state index in [4.69, 9.17) is 11.6 Å². The molecule has 0 bridgehead atoms. The number of hydrogen-bond donors (Lipinski definition) is 0. The van der Waals surface area contributed by atoms with Crippen LogP contribution in [0.5, 0.6) is 0 Å². The third-order valence-electron chi connectivity index (χ3n) is 1.95. The Kier molecular flexibility index (Phi) is 4.08. The van der Waals surface area contributed by atoms with Crippen LogP contribution in [0.15, 0.2) is 54.6 Å². The third kappa shape index (κ3) is 3.43. The van der Waals surface area contributed by atoms with Crippen molar-refractivity contribution in [1.29, 1.82) is 0 Å². The van der Waals surface area contributed by atoms with Crippen molar-refractivity contribution in [3.8, 4) is 10.7 Å². The summed E-state index contributed by atoms with van der Waals surface area (Å²) < 4.78 is 1.30. The molecule has 0 aliphatic carbocycles.